The lowest BCUT2D eigenvalue weighted by Crippen LogP contribution is -2.29. The monoisotopic (exact) mass is 558 g/mol. The van der Waals surface area contributed by atoms with Crippen LogP contribution in [0.1, 0.15) is 41.2 Å². The number of hydrogen-bond acceptors (Lipinski definition) is 7. The van der Waals surface area contributed by atoms with Crippen molar-refractivity contribution in [2.24, 2.45) is 0 Å². The molecular weight excluding hydrogens is 528 g/mol. The molecule has 0 aliphatic carbocycles. The van der Waals surface area contributed by atoms with Crippen LogP contribution >= 0.6 is 24.0 Å². The summed E-state index contributed by atoms with van der Waals surface area (Å²) in [5.41, 5.74) is 3.03. The van der Waals surface area contributed by atoms with E-state index in [1.807, 2.05) is 49.4 Å². The third-order valence-corrected chi connectivity index (χ3v) is 7.90. The van der Waals surface area contributed by atoms with Gasteiger partial charge in [0.2, 0.25) is 0 Å². The molecule has 1 aliphatic rings. The zero-order valence-electron chi connectivity index (χ0n) is 22.2. The van der Waals surface area contributed by atoms with Crippen molar-refractivity contribution >= 4 is 46.1 Å². The van der Waals surface area contributed by atoms with Crippen molar-refractivity contribution < 1.29 is 9.53 Å². The Bertz CT molecular complexity index is 1510. The maximum Gasteiger partial charge on any atom is 0.270 e. The first kappa shape index (κ1) is 28.1. The lowest BCUT2D eigenvalue weighted by atomic mass is 10.0. The predicted octanol–water partition coefficient (Wildman–Crippen LogP) is 5.50. The number of nitrogens with zero attached hydrogens (tertiary/aromatic N) is 3. The number of methoxy groups -OCH3 is 1. The van der Waals surface area contributed by atoms with Crippen LogP contribution in [0.5, 0.6) is 5.75 Å². The second-order valence-corrected chi connectivity index (χ2v) is 10.8. The standard InChI is InChI=1S/C30H30N4O3S2/c1-4-16-33-27(32-15-14-21-8-6-5-7-9-21)24(20(2)25(18-31)28(33)35)17-26-29(36)34(30(38)39-26)19-22-10-12-23(37-3)13-11-22/h5-13,17,32H,4,14-16,19H2,1-3H3/b26-17+. The summed E-state index contributed by atoms with van der Waals surface area (Å²) in [6.07, 6.45) is 3.23. The molecule has 9 heteroatoms. The van der Waals surface area contributed by atoms with Crippen molar-refractivity contribution in [1.29, 1.82) is 5.26 Å². The molecular formula is C30H30N4O3S2. The Kier molecular flexibility index (Phi) is 9.23. The Morgan fingerprint density at radius 3 is 2.46 bits per heavy atom. The van der Waals surface area contributed by atoms with Gasteiger partial charge in [-0.05, 0) is 54.7 Å². The third-order valence-electron chi connectivity index (χ3n) is 6.52. The number of thioether (sulfide) groups is 1. The molecule has 39 heavy (non-hydrogen) atoms. The van der Waals surface area contributed by atoms with E-state index in [4.69, 9.17) is 17.0 Å². The van der Waals surface area contributed by atoms with Crippen LogP contribution in [-0.2, 0) is 24.3 Å². The first-order chi connectivity index (χ1) is 18.9. The summed E-state index contributed by atoms with van der Waals surface area (Å²) in [5, 5.41) is 13.3. The number of hydrogen-bond donors (Lipinski definition) is 1. The van der Waals surface area contributed by atoms with E-state index >= 15 is 0 Å². The summed E-state index contributed by atoms with van der Waals surface area (Å²) in [5.74, 6) is 1.14. The highest BCUT2D eigenvalue weighted by molar-refractivity contribution is 8.26. The number of pyridine rings is 1. The highest BCUT2D eigenvalue weighted by atomic mass is 32.2. The molecule has 3 aromatic rings. The Morgan fingerprint density at radius 1 is 1.10 bits per heavy atom. The number of ether oxygens (including phenoxy) is 1. The van der Waals surface area contributed by atoms with Crippen molar-refractivity contribution in [2.75, 3.05) is 19.0 Å². The van der Waals surface area contributed by atoms with E-state index in [-0.39, 0.29) is 17.0 Å². The van der Waals surface area contributed by atoms with E-state index in [2.05, 4.69) is 23.5 Å². The molecule has 7 nitrogen and oxygen atoms in total. The predicted molar refractivity (Wildman–Crippen MR) is 161 cm³/mol. The van der Waals surface area contributed by atoms with Crippen LogP contribution in [0.25, 0.3) is 6.08 Å². The van der Waals surface area contributed by atoms with Gasteiger partial charge in [0.25, 0.3) is 11.5 Å². The third kappa shape index (κ3) is 6.24. The van der Waals surface area contributed by atoms with Gasteiger partial charge in [0.1, 0.15) is 27.5 Å². The fourth-order valence-corrected chi connectivity index (χ4v) is 5.68. The smallest absolute Gasteiger partial charge is 0.270 e. The van der Waals surface area contributed by atoms with Gasteiger partial charge in [-0.15, -0.1) is 0 Å². The fourth-order valence-electron chi connectivity index (χ4n) is 4.44. The van der Waals surface area contributed by atoms with Crippen molar-refractivity contribution in [3.8, 4) is 11.8 Å². The summed E-state index contributed by atoms with van der Waals surface area (Å²) >= 11 is 6.79. The molecule has 0 spiro atoms. The first-order valence-corrected chi connectivity index (χ1v) is 13.9. The Hall–Kier alpha value is -3.87. The number of aromatic nitrogens is 1. The minimum absolute atomic E-state index is 0.0806. The number of anilines is 1. The molecule has 200 valence electrons. The van der Waals surface area contributed by atoms with E-state index in [1.54, 1.807) is 29.6 Å². The number of amides is 1. The van der Waals surface area contributed by atoms with Gasteiger partial charge in [0.05, 0.1) is 18.6 Å². The number of carbonyl (C=O) groups excluding carboxylic acids is 1. The molecule has 0 bridgehead atoms. The number of benzene rings is 2. The first-order valence-electron chi connectivity index (χ1n) is 12.7. The molecule has 1 saturated heterocycles. The lowest BCUT2D eigenvalue weighted by Gasteiger charge is -2.20. The molecule has 4 rings (SSSR count). The number of thiocarbonyl (C=S) groups is 1. The summed E-state index contributed by atoms with van der Waals surface area (Å²) in [4.78, 5) is 28.7. The van der Waals surface area contributed by atoms with Crippen LogP contribution in [0, 0.1) is 18.3 Å². The van der Waals surface area contributed by atoms with Gasteiger partial charge in [-0.25, -0.2) is 0 Å². The number of carbonyl (C=O) groups is 1. The zero-order chi connectivity index (χ0) is 27.9. The average molecular weight is 559 g/mol. The van der Waals surface area contributed by atoms with Crippen molar-refractivity contribution in [1.82, 2.24) is 9.47 Å². The van der Waals surface area contributed by atoms with Crippen LogP contribution in [-0.4, -0.2) is 33.3 Å². The van der Waals surface area contributed by atoms with Crippen LogP contribution in [0.15, 0.2) is 64.3 Å². The second kappa shape index (κ2) is 12.8. The van der Waals surface area contributed by atoms with E-state index in [9.17, 15) is 14.9 Å². The SMILES string of the molecule is CCCn1c(NCCc2ccccc2)c(/C=C2/SC(=S)N(Cc3ccc(OC)cc3)C2=O)c(C)c(C#N)c1=O. The highest BCUT2D eigenvalue weighted by Gasteiger charge is 2.33. The van der Waals surface area contributed by atoms with E-state index in [1.165, 1.54) is 17.3 Å². The largest absolute Gasteiger partial charge is 0.497 e. The molecule has 1 fully saturated rings. The summed E-state index contributed by atoms with van der Waals surface area (Å²) < 4.78 is 7.29. The molecule has 0 radical (unpaired) electrons. The van der Waals surface area contributed by atoms with E-state index in [0.717, 1.165) is 17.7 Å². The number of rotatable bonds is 10. The molecule has 1 aromatic heterocycles. The lowest BCUT2D eigenvalue weighted by molar-refractivity contribution is -0.122. The van der Waals surface area contributed by atoms with Gasteiger partial charge in [-0.2, -0.15) is 5.26 Å². The highest BCUT2D eigenvalue weighted by Crippen LogP contribution is 2.36. The van der Waals surface area contributed by atoms with Crippen LogP contribution in [0.2, 0.25) is 0 Å². The molecule has 1 N–H and O–H groups in total. The van der Waals surface area contributed by atoms with Gasteiger partial charge in [0, 0.05) is 18.7 Å². The molecule has 1 amide bonds. The van der Waals surface area contributed by atoms with Crippen molar-refractivity contribution in [2.45, 2.75) is 39.8 Å². The van der Waals surface area contributed by atoms with Crippen LogP contribution in [0.4, 0.5) is 5.82 Å². The maximum atomic E-state index is 13.5. The molecule has 2 aromatic carbocycles. The summed E-state index contributed by atoms with van der Waals surface area (Å²) in [6, 6.07) is 19.7. The normalized spacial score (nSPS) is 14.1. The Labute approximate surface area is 238 Å². The van der Waals surface area contributed by atoms with Crippen LogP contribution < -0.4 is 15.6 Å². The molecule has 0 atom stereocenters. The number of nitriles is 1. The van der Waals surface area contributed by atoms with Crippen LogP contribution in [0.3, 0.4) is 0 Å². The van der Waals surface area contributed by atoms with Gasteiger partial charge in [-0.3, -0.25) is 19.1 Å². The Balaban J connectivity index is 1.70. The van der Waals surface area contributed by atoms with Gasteiger partial charge in [0.15, 0.2) is 0 Å². The zero-order valence-corrected chi connectivity index (χ0v) is 23.8. The van der Waals surface area contributed by atoms with Crippen molar-refractivity contribution in [3.05, 3.63) is 97.7 Å². The minimum Gasteiger partial charge on any atom is -0.497 e. The topological polar surface area (TPSA) is 87.4 Å². The second-order valence-electron chi connectivity index (χ2n) is 9.11. The van der Waals surface area contributed by atoms with Crippen molar-refractivity contribution in [3.63, 3.8) is 0 Å². The van der Waals surface area contributed by atoms with Gasteiger partial charge in [-0.1, -0.05) is 73.4 Å². The molecule has 2 heterocycles. The quantitative estimate of drug-likeness (QED) is 0.260. The van der Waals surface area contributed by atoms with E-state index in [0.29, 0.717) is 52.2 Å². The summed E-state index contributed by atoms with van der Waals surface area (Å²) in [7, 11) is 1.61. The molecule has 0 saturated carbocycles. The van der Waals surface area contributed by atoms with E-state index < -0.39 is 0 Å². The van der Waals surface area contributed by atoms with Gasteiger partial charge >= 0.3 is 0 Å². The summed E-state index contributed by atoms with van der Waals surface area (Å²) in [6.45, 7) is 5.10. The minimum atomic E-state index is -0.330. The number of nitrogens with one attached hydrogen (secondary N) is 1. The molecule has 0 unspecified atom stereocenters. The average Bonchev–Trinajstić information content (AvgIpc) is 3.21. The molecule has 1 aliphatic heterocycles. The maximum absolute atomic E-state index is 13.5. The fraction of sp³-hybridized carbons (Fsp3) is 0.267. The van der Waals surface area contributed by atoms with Gasteiger partial charge < -0.3 is 10.1 Å². The Morgan fingerprint density at radius 2 is 1.82 bits per heavy atom.